The van der Waals surface area contributed by atoms with Gasteiger partial charge in [0.15, 0.2) is 0 Å². The minimum absolute atomic E-state index is 0.241. The summed E-state index contributed by atoms with van der Waals surface area (Å²) in [6.07, 6.45) is 2.20. The van der Waals surface area contributed by atoms with E-state index in [4.69, 9.17) is 5.73 Å². The maximum Gasteiger partial charge on any atom is 0.0394 e. The zero-order chi connectivity index (χ0) is 11.5. The first-order valence-corrected chi connectivity index (χ1v) is 6.30. The van der Waals surface area contributed by atoms with Crippen LogP contribution in [0.15, 0.2) is 28.7 Å². The standard InChI is InChI=1S/C13H20BrN/c1-4-10(2)9-13(3,15)11-7-5-6-8-12(11)14/h5-8,10H,4,9,15H2,1-3H3. The Morgan fingerprint density at radius 2 is 2.00 bits per heavy atom. The molecule has 2 N–H and O–H groups in total. The number of halogens is 1. The molecule has 0 heterocycles. The monoisotopic (exact) mass is 269 g/mol. The zero-order valence-electron chi connectivity index (χ0n) is 9.76. The fourth-order valence-corrected chi connectivity index (χ4v) is 2.64. The maximum absolute atomic E-state index is 6.39. The normalized spacial score (nSPS) is 17.1. The van der Waals surface area contributed by atoms with Gasteiger partial charge in [0.2, 0.25) is 0 Å². The highest BCUT2D eigenvalue weighted by Gasteiger charge is 2.24. The summed E-state index contributed by atoms with van der Waals surface area (Å²) < 4.78 is 1.11. The van der Waals surface area contributed by atoms with Crippen LogP contribution in [0.4, 0.5) is 0 Å². The van der Waals surface area contributed by atoms with Gasteiger partial charge in [-0.2, -0.15) is 0 Å². The number of nitrogens with two attached hydrogens (primary N) is 1. The summed E-state index contributed by atoms with van der Waals surface area (Å²) in [6, 6.07) is 8.22. The first-order chi connectivity index (χ1) is 6.97. The van der Waals surface area contributed by atoms with Crippen LogP contribution in [0.1, 0.15) is 39.2 Å². The van der Waals surface area contributed by atoms with Crippen molar-refractivity contribution in [3.8, 4) is 0 Å². The van der Waals surface area contributed by atoms with Gasteiger partial charge in [0, 0.05) is 10.0 Å². The van der Waals surface area contributed by atoms with Crippen LogP contribution in [0, 0.1) is 5.92 Å². The molecule has 0 bridgehead atoms. The second-order valence-electron chi connectivity index (χ2n) is 4.61. The Kier molecular flexibility index (Phi) is 4.35. The Morgan fingerprint density at radius 1 is 1.40 bits per heavy atom. The Labute approximate surface area is 101 Å². The fraction of sp³-hybridized carbons (Fsp3) is 0.538. The van der Waals surface area contributed by atoms with Gasteiger partial charge in [0.25, 0.3) is 0 Å². The van der Waals surface area contributed by atoms with Crippen molar-refractivity contribution < 1.29 is 0 Å². The summed E-state index contributed by atoms with van der Waals surface area (Å²) in [5.41, 5.74) is 7.34. The lowest BCUT2D eigenvalue weighted by atomic mass is 9.83. The van der Waals surface area contributed by atoms with Crippen molar-refractivity contribution in [3.05, 3.63) is 34.3 Å². The van der Waals surface area contributed by atoms with E-state index in [2.05, 4.69) is 48.8 Å². The van der Waals surface area contributed by atoms with E-state index < -0.39 is 0 Å². The van der Waals surface area contributed by atoms with Gasteiger partial charge < -0.3 is 5.73 Å². The van der Waals surface area contributed by atoms with Crippen LogP contribution in [0.3, 0.4) is 0 Å². The molecule has 1 nitrogen and oxygen atoms in total. The van der Waals surface area contributed by atoms with Crippen molar-refractivity contribution in [1.82, 2.24) is 0 Å². The molecule has 0 saturated heterocycles. The molecule has 0 radical (unpaired) electrons. The summed E-state index contributed by atoms with van der Waals surface area (Å²) in [6.45, 7) is 6.57. The molecule has 2 atom stereocenters. The maximum atomic E-state index is 6.39. The molecule has 0 aromatic heterocycles. The number of hydrogen-bond acceptors (Lipinski definition) is 1. The molecule has 0 spiro atoms. The summed E-state index contributed by atoms with van der Waals surface area (Å²) in [7, 11) is 0. The average Bonchev–Trinajstić information content (AvgIpc) is 2.17. The van der Waals surface area contributed by atoms with E-state index in [1.54, 1.807) is 0 Å². The van der Waals surface area contributed by atoms with Gasteiger partial charge in [0.1, 0.15) is 0 Å². The van der Waals surface area contributed by atoms with Crippen molar-refractivity contribution >= 4 is 15.9 Å². The lowest BCUT2D eigenvalue weighted by Gasteiger charge is -2.29. The summed E-state index contributed by atoms with van der Waals surface area (Å²) in [5.74, 6) is 0.659. The molecular formula is C13H20BrN. The van der Waals surface area contributed by atoms with Crippen LogP contribution in [-0.2, 0) is 5.54 Å². The highest BCUT2D eigenvalue weighted by molar-refractivity contribution is 9.10. The Balaban J connectivity index is 2.90. The van der Waals surface area contributed by atoms with Crippen molar-refractivity contribution in [2.75, 3.05) is 0 Å². The minimum atomic E-state index is -0.241. The van der Waals surface area contributed by atoms with Crippen LogP contribution in [0.25, 0.3) is 0 Å². The van der Waals surface area contributed by atoms with Crippen LogP contribution in [-0.4, -0.2) is 0 Å². The van der Waals surface area contributed by atoms with Crippen molar-refractivity contribution in [1.29, 1.82) is 0 Å². The third-order valence-electron chi connectivity index (χ3n) is 2.96. The van der Waals surface area contributed by atoms with Gasteiger partial charge >= 0.3 is 0 Å². The quantitative estimate of drug-likeness (QED) is 0.877. The summed E-state index contributed by atoms with van der Waals surface area (Å²) in [4.78, 5) is 0. The third kappa shape index (κ3) is 3.32. The Morgan fingerprint density at radius 3 is 2.53 bits per heavy atom. The smallest absolute Gasteiger partial charge is 0.0394 e. The van der Waals surface area contributed by atoms with Crippen molar-refractivity contribution in [3.63, 3.8) is 0 Å². The molecule has 0 fully saturated rings. The van der Waals surface area contributed by atoms with Gasteiger partial charge in [-0.05, 0) is 30.9 Å². The fourth-order valence-electron chi connectivity index (χ4n) is 1.90. The second kappa shape index (κ2) is 5.13. The molecule has 2 heteroatoms. The molecule has 1 aromatic carbocycles. The third-order valence-corrected chi connectivity index (χ3v) is 3.65. The van der Waals surface area contributed by atoms with Gasteiger partial charge in [-0.15, -0.1) is 0 Å². The molecule has 1 aromatic rings. The van der Waals surface area contributed by atoms with Crippen LogP contribution in [0.2, 0.25) is 0 Å². The van der Waals surface area contributed by atoms with Crippen LogP contribution < -0.4 is 5.73 Å². The predicted molar refractivity (Wildman–Crippen MR) is 69.8 cm³/mol. The number of benzene rings is 1. The van der Waals surface area contributed by atoms with E-state index in [1.165, 1.54) is 12.0 Å². The second-order valence-corrected chi connectivity index (χ2v) is 5.47. The van der Waals surface area contributed by atoms with Crippen LogP contribution >= 0.6 is 15.9 Å². The van der Waals surface area contributed by atoms with E-state index >= 15 is 0 Å². The van der Waals surface area contributed by atoms with Crippen molar-refractivity contribution in [2.45, 2.75) is 39.2 Å². The van der Waals surface area contributed by atoms with E-state index in [9.17, 15) is 0 Å². The van der Waals surface area contributed by atoms with E-state index in [0.29, 0.717) is 5.92 Å². The van der Waals surface area contributed by atoms with E-state index in [0.717, 1.165) is 10.9 Å². The number of rotatable bonds is 4. The molecule has 0 amide bonds. The Bertz CT molecular complexity index is 320. The zero-order valence-corrected chi connectivity index (χ0v) is 11.3. The first-order valence-electron chi connectivity index (χ1n) is 5.51. The lowest BCUT2D eigenvalue weighted by molar-refractivity contribution is 0.355. The molecule has 0 aliphatic rings. The molecular weight excluding hydrogens is 250 g/mol. The molecule has 0 aliphatic carbocycles. The topological polar surface area (TPSA) is 26.0 Å². The minimum Gasteiger partial charge on any atom is -0.322 e. The summed E-state index contributed by atoms with van der Waals surface area (Å²) >= 11 is 3.56. The van der Waals surface area contributed by atoms with Gasteiger partial charge in [-0.3, -0.25) is 0 Å². The van der Waals surface area contributed by atoms with E-state index in [1.807, 2.05) is 12.1 Å². The highest BCUT2D eigenvalue weighted by Crippen LogP contribution is 2.31. The molecule has 2 unspecified atom stereocenters. The molecule has 15 heavy (non-hydrogen) atoms. The molecule has 1 rings (SSSR count). The molecule has 0 aliphatic heterocycles. The van der Waals surface area contributed by atoms with Crippen molar-refractivity contribution in [2.24, 2.45) is 11.7 Å². The van der Waals surface area contributed by atoms with E-state index in [-0.39, 0.29) is 5.54 Å². The van der Waals surface area contributed by atoms with Gasteiger partial charge in [-0.25, -0.2) is 0 Å². The SMILES string of the molecule is CCC(C)CC(C)(N)c1ccccc1Br. The first kappa shape index (κ1) is 12.7. The Hall–Kier alpha value is -0.340. The lowest BCUT2D eigenvalue weighted by Crippen LogP contribution is -2.35. The average molecular weight is 270 g/mol. The molecule has 0 saturated carbocycles. The van der Waals surface area contributed by atoms with Gasteiger partial charge in [0.05, 0.1) is 0 Å². The highest BCUT2D eigenvalue weighted by atomic mass is 79.9. The van der Waals surface area contributed by atoms with Crippen LogP contribution in [0.5, 0.6) is 0 Å². The number of hydrogen-bond donors (Lipinski definition) is 1. The molecule has 84 valence electrons. The largest absolute Gasteiger partial charge is 0.322 e. The predicted octanol–water partition coefficient (Wildman–Crippen LogP) is 4.06. The summed E-state index contributed by atoms with van der Waals surface area (Å²) in [5, 5.41) is 0. The van der Waals surface area contributed by atoms with Gasteiger partial charge in [-0.1, -0.05) is 54.4 Å².